The smallest absolute Gasteiger partial charge is 0.257 e. The summed E-state index contributed by atoms with van der Waals surface area (Å²) in [4.78, 5) is 41.7. The molecule has 4 heterocycles. The number of likely N-dealkylation sites (tertiary alicyclic amines) is 1. The van der Waals surface area contributed by atoms with Gasteiger partial charge in [0.05, 0.1) is 13.3 Å². The van der Waals surface area contributed by atoms with Crippen LogP contribution in [-0.4, -0.2) is 56.3 Å². The van der Waals surface area contributed by atoms with E-state index in [4.69, 9.17) is 27.1 Å². The van der Waals surface area contributed by atoms with E-state index in [9.17, 15) is 9.59 Å². The maximum atomic E-state index is 12.9. The monoisotopic (exact) mass is 553 g/mol. The van der Waals surface area contributed by atoms with E-state index in [1.165, 1.54) is 24.6 Å². The molecule has 12 heteroatoms. The molecule has 0 spiro atoms. The average molecular weight is 554 g/mol. The molecule has 1 atom stereocenters. The van der Waals surface area contributed by atoms with Gasteiger partial charge in [0.1, 0.15) is 33.8 Å². The lowest BCUT2D eigenvalue weighted by Crippen LogP contribution is -2.39. The van der Waals surface area contributed by atoms with Crippen molar-refractivity contribution in [2.24, 2.45) is 0 Å². The number of piperidine rings is 1. The van der Waals surface area contributed by atoms with Crippen molar-refractivity contribution in [1.82, 2.24) is 24.3 Å². The third-order valence-electron chi connectivity index (χ3n) is 6.67. The number of rotatable bonds is 6. The number of hydrogen-bond acceptors (Lipinski definition) is 8. The number of benzene rings is 1. The predicted molar refractivity (Wildman–Crippen MR) is 148 cm³/mol. The van der Waals surface area contributed by atoms with Crippen molar-refractivity contribution in [3.05, 3.63) is 52.0 Å². The quantitative estimate of drug-likeness (QED) is 0.352. The molecule has 2 amide bonds. The van der Waals surface area contributed by atoms with Crippen LogP contribution in [0.1, 0.15) is 53.2 Å². The largest absolute Gasteiger partial charge is 0.496 e. The number of hydrogen-bond donors (Lipinski definition) is 2. The zero-order valence-corrected chi connectivity index (χ0v) is 22.9. The Balaban J connectivity index is 1.57. The molecule has 4 aromatic rings. The van der Waals surface area contributed by atoms with Crippen LogP contribution >= 0.6 is 22.9 Å². The maximum Gasteiger partial charge on any atom is 0.257 e. The minimum Gasteiger partial charge on any atom is -0.496 e. The van der Waals surface area contributed by atoms with Gasteiger partial charge in [-0.2, -0.15) is 0 Å². The van der Waals surface area contributed by atoms with E-state index in [-0.39, 0.29) is 23.6 Å². The van der Waals surface area contributed by atoms with Gasteiger partial charge in [-0.3, -0.25) is 19.3 Å². The Bertz CT molecular complexity index is 1530. The first-order chi connectivity index (χ1) is 18.3. The fourth-order valence-corrected chi connectivity index (χ4v) is 5.72. The molecule has 0 aliphatic carbocycles. The Morgan fingerprint density at radius 1 is 1.29 bits per heavy atom. The van der Waals surface area contributed by atoms with Crippen LogP contribution < -0.4 is 15.8 Å². The van der Waals surface area contributed by atoms with Gasteiger partial charge in [0.25, 0.3) is 5.91 Å². The van der Waals surface area contributed by atoms with Gasteiger partial charge in [-0.1, -0.05) is 18.5 Å². The molecule has 38 heavy (non-hydrogen) atoms. The molecule has 5 rings (SSSR count). The number of aromatic nitrogens is 4. The topological polar surface area (TPSA) is 128 Å². The molecule has 1 unspecified atom stereocenters. The summed E-state index contributed by atoms with van der Waals surface area (Å²) in [7, 11) is 1.54. The van der Waals surface area contributed by atoms with Crippen LogP contribution in [0.25, 0.3) is 16.8 Å². The van der Waals surface area contributed by atoms with Gasteiger partial charge in [-0.05, 0) is 38.0 Å². The number of nitrogen functional groups attached to an aromatic ring is 1. The zero-order chi connectivity index (χ0) is 27.0. The summed E-state index contributed by atoms with van der Waals surface area (Å²) < 4.78 is 7.51. The maximum absolute atomic E-state index is 12.9. The van der Waals surface area contributed by atoms with Crippen molar-refractivity contribution in [2.45, 2.75) is 39.0 Å². The van der Waals surface area contributed by atoms with Crippen molar-refractivity contribution in [3.63, 3.8) is 0 Å². The standard InChI is InChI=1S/C26H28ClN7O3S/c1-4-20(35)33-9-5-6-16(13-33)24-31-21(22-23(28)29-12-19(27)34(22)24)17-8-7-15(10-18(17)37-3)25(36)32-26-30-11-14(2)38-26/h7-8,10-12,16H,4-6,9,13H2,1-3H3,(H2,28,29)(H,30,32,36). The Labute approximate surface area is 228 Å². The summed E-state index contributed by atoms with van der Waals surface area (Å²) in [6.45, 7) is 5.07. The second-order valence-corrected chi connectivity index (χ2v) is 10.8. The summed E-state index contributed by atoms with van der Waals surface area (Å²) in [5, 5.41) is 3.71. The summed E-state index contributed by atoms with van der Waals surface area (Å²) in [5.74, 6) is 1.22. The van der Waals surface area contributed by atoms with Gasteiger partial charge in [0, 0.05) is 47.6 Å². The number of carbonyl (C=O) groups excluding carboxylic acids is 2. The van der Waals surface area contributed by atoms with Crippen LogP contribution in [0.15, 0.2) is 30.6 Å². The highest BCUT2D eigenvalue weighted by Crippen LogP contribution is 2.39. The lowest BCUT2D eigenvalue weighted by molar-refractivity contribution is -0.132. The number of fused-ring (bicyclic) bond motifs is 1. The summed E-state index contributed by atoms with van der Waals surface area (Å²) in [5.41, 5.74) is 8.51. The van der Waals surface area contributed by atoms with Crippen molar-refractivity contribution in [3.8, 4) is 17.0 Å². The minimum atomic E-state index is -0.299. The van der Waals surface area contributed by atoms with Crippen LogP contribution in [0.3, 0.4) is 0 Å². The van der Waals surface area contributed by atoms with E-state index in [0.29, 0.717) is 57.2 Å². The van der Waals surface area contributed by atoms with Gasteiger partial charge in [-0.15, -0.1) is 11.3 Å². The number of nitrogens with zero attached hydrogens (tertiary/aromatic N) is 5. The highest BCUT2D eigenvalue weighted by Gasteiger charge is 2.30. The third kappa shape index (κ3) is 4.79. The zero-order valence-electron chi connectivity index (χ0n) is 21.3. The summed E-state index contributed by atoms with van der Waals surface area (Å²) >= 11 is 8.03. The first-order valence-corrected chi connectivity index (χ1v) is 13.5. The fourth-order valence-electron chi connectivity index (χ4n) is 4.84. The number of aryl methyl sites for hydroxylation is 1. The third-order valence-corrected chi connectivity index (χ3v) is 7.77. The SMILES string of the molecule is CCC(=O)N1CCCC(c2nc(-c3ccc(C(=O)Nc4ncc(C)s4)cc3OC)c3c(N)ncc(Cl)n23)C1. The minimum absolute atomic E-state index is 0.0300. The number of carbonyl (C=O) groups is 2. The lowest BCUT2D eigenvalue weighted by atomic mass is 9.97. The molecule has 1 aliphatic rings. The Hall–Kier alpha value is -3.70. The summed E-state index contributed by atoms with van der Waals surface area (Å²) in [6, 6.07) is 5.14. The number of amides is 2. The van der Waals surface area contributed by atoms with Crippen molar-refractivity contribution < 1.29 is 14.3 Å². The van der Waals surface area contributed by atoms with Crippen molar-refractivity contribution >= 4 is 51.2 Å². The molecule has 198 valence electrons. The molecule has 0 radical (unpaired) electrons. The Morgan fingerprint density at radius 3 is 2.82 bits per heavy atom. The van der Waals surface area contributed by atoms with Crippen LogP contribution in [-0.2, 0) is 4.79 Å². The van der Waals surface area contributed by atoms with Crippen molar-refractivity contribution in [2.75, 3.05) is 31.2 Å². The number of nitrogens with one attached hydrogen (secondary N) is 1. The van der Waals surface area contributed by atoms with Crippen LogP contribution in [0.2, 0.25) is 5.15 Å². The van der Waals surface area contributed by atoms with Crippen molar-refractivity contribution in [1.29, 1.82) is 0 Å². The average Bonchev–Trinajstić information content (AvgIpc) is 3.54. The summed E-state index contributed by atoms with van der Waals surface area (Å²) in [6.07, 6.45) is 5.39. The van der Waals surface area contributed by atoms with Crippen LogP contribution in [0.5, 0.6) is 5.75 Å². The van der Waals surface area contributed by atoms with E-state index in [1.807, 2.05) is 23.1 Å². The van der Waals surface area contributed by atoms with Gasteiger partial charge in [0.2, 0.25) is 5.91 Å². The molecule has 1 saturated heterocycles. The number of nitrogens with two attached hydrogens (primary N) is 1. The molecule has 3 aromatic heterocycles. The molecular weight excluding hydrogens is 526 g/mol. The number of methoxy groups -OCH3 is 1. The first kappa shape index (κ1) is 25.9. The fraction of sp³-hybridized carbons (Fsp3) is 0.346. The molecule has 1 fully saturated rings. The second kappa shape index (κ2) is 10.6. The van der Waals surface area contributed by atoms with E-state index >= 15 is 0 Å². The lowest BCUT2D eigenvalue weighted by Gasteiger charge is -2.32. The van der Waals surface area contributed by atoms with Gasteiger partial charge < -0.3 is 15.4 Å². The van der Waals surface area contributed by atoms with Gasteiger partial charge in [-0.25, -0.2) is 15.0 Å². The Morgan fingerprint density at radius 2 is 2.11 bits per heavy atom. The number of anilines is 2. The molecule has 1 aliphatic heterocycles. The van der Waals surface area contributed by atoms with E-state index in [2.05, 4.69) is 15.3 Å². The predicted octanol–water partition coefficient (Wildman–Crippen LogP) is 4.77. The normalized spacial score (nSPS) is 15.6. The Kier molecular flexibility index (Phi) is 7.22. The van der Waals surface area contributed by atoms with Gasteiger partial charge in [0.15, 0.2) is 5.13 Å². The number of halogens is 1. The number of imidazole rings is 1. The van der Waals surface area contributed by atoms with Crippen LogP contribution in [0, 0.1) is 6.92 Å². The second-order valence-electron chi connectivity index (χ2n) is 9.15. The number of ether oxygens (including phenoxy) is 1. The first-order valence-electron chi connectivity index (χ1n) is 12.3. The van der Waals surface area contributed by atoms with E-state index in [0.717, 1.165) is 24.3 Å². The molecule has 10 nitrogen and oxygen atoms in total. The van der Waals surface area contributed by atoms with E-state index in [1.54, 1.807) is 24.4 Å². The molecule has 0 saturated carbocycles. The highest BCUT2D eigenvalue weighted by atomic mass is 35.5. The number of thiazole rings is 1. The highest BCUT2D eigenvalue weighted by molar-refractivity contribution is 7.15. The molecule has 1 aromatic carbocycles. The molecule has 3 N–H and O–H groups in total. The molecular formula is C26H28ClN7O3S. The van der Waals surface area contributed by atoms with Gasteiger partial charge >= 0.3 is 0 Å². The van der Waals surface area contributed by atoms with Crippen LogP contribution in [0.4, 0.5) is 10.9 Å². The van der Waals surface area contributed by atoms with E-state index < -0.39 is 0 Å². The molecule has 0 bridgehead atoms.